The van der Waals surface area contributed by atoms with Crippen LogP contribution in [0.2, 0.25) is 10.0 Å². The Labute approximate surface area is 116 Å². The van der Waals surface area contributed by atoms with Crippen LogP contribution in [0.25, 0.3) is 0 Å². The monoisotopic (exact) mass is 287 g/mol. The summed E-state index contributed by atoms with van der Waals surface area (Å²) >= 11 is 12.1. The SMILES string of the molecule is O=C(O)C1CCCN(Cc2cc(Cl)ccc2Cl)C1. The smallest absolute Gasteiger partial charge is 0.307 e. The van der Waals surface area contributed by atoms with E-state index in [1.165, 1.54) is 0 Å². The standard InChI is InChI=1S/C13H15Cl2NO2/c14-11-3-4-12(15)10(6-11)8-16-5-1-2-9(7-16)13(17)18/h3-4,6,9H,1-2,5,7-8H2,(H,17,18). The van der Waals surface area contributed by atoms with E-state index in [1.807, 2.05) is 6.07 Å². The molecule has 0 amide bonds. The Hall–Kier alpha value is -0.770. The summed E-state index contributed by atoms with van der Waals surface area (Å²) in [5, 5.41) is 10.4. The number of carbonyl (C=O) groups is 1. The molecule has 1 aliphatic rings. The molecule has 0 aliphatic carbocycles. The molecule has 1 aromatic rings. The van der Waals surface area contributed by atoms with Crippen LogP contribution in [-0.4, -0.2) is 29.1 Å². The van der Waals surface area contributed by atoms with E-state index < -0.39 is 5.97 Å². The zero-order valence-corrected chi connectivity index (χ0v) is 11.4. The molecule has 1 heterocycles. The Morgan fingerprint density at radius 1 is 1.44 bits per heavy atom. The summed E-state index contributed by atoms with van der Waals surface area (Å²) in [6, 6.07) is 5.37. The highest BCUT2D eigenvalue weighted by atomic mass is 35.5. The first-order chi connectivity index (χ1) is 8.56. The van der Waals surface area contributed by atoms with E-state index in [0.29, 0.717) is 23.1 Å². The first-order valence-corrected chi connectivity index (χ1v) is 6.71. The van der Waals surface area contributed by atoms with Crippen LogP contribution >= 0.6 is 23.2 Å². The van der Waals surface area contributed by atoms with E-state index >= 15 is 0 Å². The van der Waals surface area contributed by atoms with E-state index in [4.69, 9.17) is 28.3 Å². The molecule has 0 spiro atoms. The minimum Gasteiger partial charge on any atom is -0.481 e. The highest BCUT2D eigenvalue weighted by Crippen LogP contribution is 2.24. The molecule has 0 aromatic heterocycles. The molecule has 1 saturated heterocycles. The molecule has 5 heteroatoms. The number of carboxylic acid groups (broad SMARTS) is 1. The van der Waals surface area contributed by atoms with Crippen LogP contribution in [0.1, 0.15) is 18.4 Å². The third-order valence-corrected chi connectivity index (χ3v) is 3.86. The summed E-state index contributed by atoms with van der Waals surface area (Å²) in [6.07, 6.45) is 1.67. The summed E-state index contributed by atoms with van der Waals surface area (Å²) < 4.78 is 0. The number of carboxylic acids is 1. The molecular formula is C13H15Cl2NO2. The number of nitrogens with zero attached hydrogens (tertiary/aromatic N) is 1. The lowest BCUT2D eigenvalue weighted by atomic mass is 9.98. The fourth-order valence-corrected chi connectivity index (χ4v) is 2.68. The average Bonchev–Trinajstić information content (AvgIpc) is 2.34. The van der Waals surface area contributed by atoms with Gasteiger partial charge in [0.05, 0.1) is 5.92 Å². The fraction of sp³-hybridized carbons (Fsp3) is 0.462. The van der Waals surface area contributed by atoms with Gasteiger partial charge < -0.3 is 5.11 Å². The van der Waals surface area contributed by atoms with Gasteiger partial charge in [0, 0.05) is 23.1 Å². The van der Waals surface area contributed by atoms with Crippen molar-refractivity contribution in [1.82, 2.24) is 4.90 Å². The van der Waals surface area contributed by atoms with E-state index in [-0.39, 0.29) is 5.92 Å². The number of hydrogen-bond donors (Lipinski definition) is 1. The Kier molecular flexibility index (Phi) is 4.49. The number of halogens is 2. The molecular weight excluding hydrogens is 273 g/mol. The summed E-state index contributed by atoms with van der Waals surface area (Å²) in [5.74, 6) is -0.978. The predicted octanol–water partition coefficient (Wildman–Crippen LogP) is 3.29. The van der Waals surface area contributed by atoms with Gasteiger partial charge in [-0.1, -0.05) is 23.2 Å². The van der Waals surface area contributed by atoms with Crippen molar-refractivity contribution in [1.29, 1.82) is 0 Å². The molecule has 18 heavy (non-hydrogen) atoms. The number of likely N-dealkylation sites (tertiary alicyclic amines) is 1. The van der Waals surface area contributed by atoms with Gasteiger partial charge in [-0.05, 0) is 43.1 Å². The van der Waals surface area contributed by atoms with E-state index in [2.05, 4.69) is 4.90 Å². The first-order valence-electron chi connectivity index (χ1n) is 5.95. The molecule has 1 aliphatic heterocycles. The Morgan fingerprint density at radius 2 is 2.22 bits per heavy atom. The Balaban J connectivity index is 2.04. The van der Waals surface area contributed by atoms with Gasteiger partial charge in [-0.15, -0.1) is 0 Å². The van der Waals surface area contributed by atoms with Crippen LogP contribution in [0.4, 0.5) is 0 Å². The van der Waals surface area contributed by atoms with Crippen molar-refractivity contribution >= 4 is 29.2 Å². The van der Waals surface area contributed by atoms with E-state index in [0.717, 1.165) is 24.9 Å². The van der Waals surface area contributed by atoms with Gasteiger partial charge in [0.1, 0.15) is 0 Å². The minimum atomic E-state index is -0.711. The second-order valence-electron chi connectivity index (χ2n) is 4.65. The van der Waals surface area contributed by atoms with Gasteiger partial charge >= 0.3 is 5.97 Å². The zero-order valence-electron chi connectivity index (χ0n) is 9.90. The average molecular weight is 288 g/mol. The lowest BCUT2D eigenvalue weighted by Crippen LogP contribution is -2.38. The van der Waals surface area contributed by atoms with Crippen molar-refractivity contribution in [3.8, 4) is 0 Å². The van der Waals surface area contributed by atoms with E-state index in [9.17, 15) is 4.79 Å². The maximum Gasteiger partial charge on any atom is 0.307 e. The zero-order chi connectivity index (χ0) is 13.1. The maximum absolute atomic E-state index is 11.0. The molecule has 3 nitrogen and oxygen atoms in total. The minimum absolute atomic E-state index is 0.267. The van der Waals surface area contributed by atoms with Crippen LogP contribution in [0.15, 0.2) is 18.2 Å². The van der Waals surface area contributed by atoms with Gasteiger partial charge in [-0.2, -0.15) is 0 Å². The number of piperidine rings is 1. The fourth-order valence-electron chi connectivity index (χ4n) is 2.31. The van der Waals surface area contributed by atoms with Gasteiger partial charge in [-0.25, -0.2) is 0 Å². The highest BCUT2D eigenvalue weighted by Gasteiger charge is 2.25. The van der Waals surface area contributed by atoms with E-state index in [1.54, 1.807) is 12.1 Å². The summed E-state index contributed by atoms with van der Waals surface area (Å²) in [4.78, 5) is 13.1. The molecule has 1 unspecified atom stereocenters. The largest absolute Gasteiger partial charge is 0.481 e. The maximum atomic E-state index is 11.0. The Bertz CT molecular complexity index is 451. The summed E-state index contributed by atoms with van der Waals surface area (Å²) in [6.45, 7) is 2.15. The number of rotatable bonds is 3. The third-order valence-electron chi connectivity index (χ3n) is 3.26. The second kappa shape index (κ2) is 5.91. The molecule has 0 bridgehead atoms. The van der Waals surface area contributed by atoms with Crippen molar-refractivity contribution in [2.75, 3.05) is 13.1 Å². The molecule has 0 saturated carbocycles. The van der Waals surface area contributed by atoms with Crippen molar-refractivity contribution in [2.45, 2.75) is 19.4 Å². The van der Waals surface area contributed by atoms with Crippen LogP contribution in [0.3, 0.4) is 0 Å². The molecule has 1 aromatic carbocycles. The normalized spacial score (nSPS) is 20.9. The quantitative estimate of drug-likeness (QED) is 0.927. The second-order valence-corrected chi connectivity index (χ2v) is 5.49. The Morgan fingerprint density at radius 3 is 2.94 bits per heavy atom. The molecule has 0 radical (unpaired) electrons. The number of benzene rings is 1. The third kappa shape index (κ3) is 3.37. The van der Waals surface area contributed by atoms with Gasteiger partial charge in [0.2, 0.25) is 0 Å². The van der Waals surface area contributed by atoms with Crippen molar-refractivity contribution in [2.24, 2.45) is 5.92 Å². The van der Waals surface area contributed by atoms with Crippen LogP contribution in [0.5, 0.6) is 0 Å². The van der Waals surface area contributed by atoms with Gasteiger partial charge in [0.15, 0.2) is 0 Å². The molecule has 98 valence electrons. The summed E-state index contributed by atoms with van der Waals surface area (Å²) in [7, 11) is 0. The number of hydrogen-bond acceptors (Lipinski definition) is 2. The lowest BCUT2D eigenvalue weighted by Gasteiger charge is -2.30. The summed E-state index contributed by atoms with van der Waals surface area (Å²) in [5.41, 5.74) is 0.954. The predicted molar refractivity (Wildman–Crippen MR) is 72.1 cm³/mol. The molecule has 1 N–H and O–H groups in total. The van der Waals surface area contributed by atoms with Crippen molar-refractivity contribution in [3.63, 3.8) is 0 Å². The molecule has 1 atom stereocenters. The van der Waals surface area contributed by atoms with Crippen LogP contribution < -0.4 is 0 Å². The lowest BCUT2D eigenvalue weighted by molar-refractivity contribution is -0.143. The number of aliphatic carboxylic acids is 1. The topological polar surface area (TPSA) is 40.5 Å². The first kappa shape index (κ1) is 13.7. The van der Waals surface area contributed by atoms with Gasteiger partial charge in [-0.3, -0.25) is 9.69 Å². The van der Waals surface area contributed by atoms with Crippen molar-refractivity contribution in [3.05, 3.63) is 33.8 Å². The van der Waals surface area contributed by atoms with Crippen LogP contribution in [0, 0.1) is 5.92 Å². The molecule has 2 rings (SSSR count). The highest BCUT2D eigenvalue weighted by molar-refractivity contribution is 6.33. The van der Waals surface area contributed by atoms with Gasteiger partial charge in [0.25, 0.3) is 0 Å². The van der Waals surface area contributed by atoms with Crippen LogP contribution in [-0.2, 0) is 11.3 Å². The molecule has 1 fully saturated rings. The van der Waals surface area contributed by atoms with Crippen molar-refractivity contribution < 1.29 is 9.90 Å².